The molecule has 2 N–H and O–H groups in total. The van der Waals surface area contributed by atoms with Crippen molar-refractivity contribution in [1.29, 1.82) is 0 Å². The van der Waals surface area contributed by atoms with Crippen LogP contribution in [0.3, 0.4) is 0 Å². The van der Waals surface area contributed by atoms with Gasteiger partial charge in [0.1, 0.15) is 0 Å². The highest BCUT2D eigenvalue weighted by molar-refractivity contribution is 8.00. The summed E-state index contributed by atoms with van der Waals surface area (Å²) in [5.41, 5.74) is 0. The summed E-state index contributed by atoms with van der Waals surface area (Å²) in [6, 6.07) is 0. The zero-order valence-electron chi connectivity index (χ0n) is 9.06. The van der Waals surface area contributed by atoms with Crippen LogP contribution in [0.4, 0.5) is 0 Å². The molecule has 14 heavy (non-hydrogen) atoms. The third-order valence-electron chi connectivity index (χ3n) is 2.80. The van der Waals surface area contributed by atoms with Crippen molar-refractivity contribution in [2.24, 2.45) is 0 Å². The Morgan fingerprint density at radius 1 is 1.43 bits per heavy atom. The lowest BCUT2D eigenvalue weighted by atomic mass is 9.84. The number of thioether (sulfide) groups is 1. The largest absolute Gasteiger partial charge is 0.363 e. The van der Waals surface area contributed by atoms with Crippen molar-refractivity contribution in [3.63, 3.8) is 0 Å². The lowest BCUT2D eigenvalue weighted by Gasteiger charge is -2.40. The van der Waals surface area contributed by atoms with Crippen molar-refractivity contribution in [3.8, 4) is 0 Å². The Labute approximate surface area is 96.6 Å². The van der Waals surface area contributed by atoms with E-state index in [1.54, 1.807) is 0 Å². The van der Waals surface area contributed by atoms with Gasteiger partial charge in [0.2, 0.25) is 0 Å². The SMILES string of the molecule is CCCNC(=S)NCC1(SC)CCC1. The molecule has 2 nitrogen and oxygen atoms in total. The maximum atomic E-state index is 5.18. The van der Waals surface area contributed by atoms with Crippen LogP contribution < -0.4 is 10.6 Å². The van der Waals surface area contributed by atoms with E-state index in [-0.39, 0.29) is 0 Å². The molecule has 82 valence electrons. The maximum absolute atomic E-state index is 5.18. The fraction of sp³-hybridized carbons (Fsp3) is 0.900. The van der Waals surface area contributed by atoms with Crippen LogP contribution in [0.2, 0.25) is 0 Å². The topological polar surface area (TPSA) is 24.1 Å². The van der Waals surface area contributed by atoms with Crippen LogP contribution in [0.5, 0.6) is 0 Å². The molecule has 0 aliphatic heterocycles. The average Bonchev–Trinajstić information content (AvgIpc) is 2.14. The van der Waals surface area contributed by atoms with E-state index in [0.717, 1.165) is 24.6 Å². The van der Waals surface area contributed by atoms with Gasteiger partial charge < -0.3 is 10.6 Å². The van der Waals surface area contributed by atoms with Crippen LogP contribution in [-0.4, -0.2) is 29.2 Å². The Morgan fingerprint density at radius 3 is 2.57 bits per heavy atom. The van der Waals surface area contributed by atoms with Crippen LogP contribution in [0.25, 0.3) is 0 Å². The first-order valence-corrected chi connectivity index (χ1v) is 6.92. The summed E-state index contributed by atoms with van der Waals surface area (Å²) in [5.74, 6) is 0. The standard InChI is InChI=1S/C10H20N2S2/c1-3-7-11-9(13)12-8-10(14-2)5-4-6-10/h3-8H2,1-2H3,(H2,11,12,13). The third-order valence-corrected chi connectivity index (χ3v) is 4.51. The molecule has 0 aromatic heterocycles. The van der Waals surface area contributed by atoms with E-state index in [1.165, 1.54) is 19.3 Å². The van der Waals surface area contributed by atoms with Crippen molar-refractivity contribution < 1.29 is 0 Å². The van der Waals surface area contributed by atoms with Crippen molar-refractivity contribution >= 4 is 29.1 Å². The zero-order chi connectivity index (χ0) is 10.4. The third kappa shape index (κ3) is 3.31. The fourth-order valence-electron chi connectivity index (χ4n) is 1.57. The second-order valence-electron chi connectivity index (χ2n) is 3.85. The van der Waals surface area contributed by atoms with Gasteiger partial charge in [0.25, 0.3) is 0 Å². The first-order chi connectivity index (χ1) is 6.72. The van der Waals surface area contributed by atoms with E-state index in [4.69, 9.17) is 12.2 Å². The molecular weight excluding hydrogens is 212 g/mol. The molecule has 1 aliphatic carbocycles. The first kappa shape index (κ1) is 12.1. The second-order valence-corrected chi connectivity index (χ2v) is 5.53. The molecular formula is C10H20N2S2. The zero-order valence-corrected chi connectivity index (χ0v) is 10.7. The van der Waals surface area contributed by atoms with Gasteiger partial charge in [0, 0.05) is 17.8 Å². The van der Waals surface area contributed by atoms with Crippen LogP contribution >= 0.6 is 24.0 Å². The fourth-order valence-corrected chi connectivity index (χ4v) is 2.65. The average molecular weight is 232 g/mol. The Bertz CT molecular complexity index is 185. The highest BCUT2D eigenvalue weighted by atomic mass is 32.2. The van der Waals surface area contributed by atoms with E-state index in [0.29, 0.717) is 4.75 Å². The minimum Gasteiger partial charge on any atom is -0.363 e. The Kier molecular flexibility index (Phi) is 5.02. The van der Waals surface area contributed by atoms with E-state index in [2.05, 4.69) is 23.8 Å². The molecule has 1 rings (SSSR count). The van der Waals surface area contributed by atoms with E-state index in [1.807, 2.05) is 11.8 Å². The van der Waals surface area contributed by atoms with Crippen LogP contribution in [0.1, 0.15) is 32.6 Å². The molecule has 0 bridgehead atoms. The molecule has 1 fully saturated rings. The summed E-state index contributed by atoms with van der Waals surface area (Å²) in [6.45, 7) is 4.13. The highest BCUT2D eigenvalue weighted by Crippen LogP contribution is 2.42. The molecule has 0 aromatic carbocycles. The van der Waals surface area contributed by atoms with Crippen molar-refractivity contribution in [1.82, 2.24) is 10.6 Å². The van der Waals surface area contributed by atoms with Gasteiger partial charge in [-0.15, -0.1) is 0 Å². The van der Waals surface area contributed by atoms with E-state index in [9.17, 15) is 0 Å². The van der Waals surface area contributed by atoms with Gasteiger partial charge in [-0.1, -0.05) is 13.3 Å². The molecule has 0 unspecified atom stereocenters. The van der Waals surface area contributed by atoms with Gasteiger partial charge >= 0.3 is 0 Å². The van der Waals surface area contributed by atoms with Gasteiger partial charge in [-0.2, -0.15) is 11.8 Å². The molecule has 0 heterocycles. The predicted molar refractivity (Wildman–Crippen MR) is 69.0 cm³/mol. The summed E-state index contributed by atoms with van der Waals surface area (Å²) in [4.78, 5) is 0. The van der Waals surface area contributed by atoms with Crippen LogP contribution in [-0.2, 0) is 0 Å². The summed E-state index contributed by atoms with van der Waals surface area (Å²) < 4.78 is 0.470. The number of hydrogen-bond donors (Lipinski definition) is 2. The summed E-state index contributed by atoms with van der Waals surface area (Å²) in [7, 11) is 0. The van der Waals surface area contributed by atoms with Gasteiger partial charge in [0.05, 0.1) is 0 Å². The summed E-state index contributed by atoms with van der Waals surface area (Å²) >= 11 is 7.15. The quantitative estimate of drug-likeness (QED) is 0.709. The lowest BCUT2D eigenvalue weighted by molar-refractivity contribution is 0.361. The molecule has 0 saturated heterocycles. The minimum absolute atomic E-state index is 0.470. The molecule has 1 saturated carbocycles. The van der Waals surface area contributed by atoms with Crippen molar-refractivity contribution in [2.75, 3.05) is 19.3 Å². The minimum atomic E-state index is 0.470. The van der Waals surface area contributed by atoms with Gasteiger partial charge in [-0.25, -0.2) is 0 Å². The predicted octanol–water partition coefficient (Wildman–Crippen LogP) is 2.15. The molecule has 0 aromatic rings. The Balaban J connectivity index is 2.15. The number of thiocarbonyl (C=S) groups is 1. The molecule has 0 atom stereocenters. The molecule has 0 radical (unpaired) electrons. The molecule has 0 spiro atoms. The van der Waals surface area contributed by atoms with E-state index >= 15 is 0 Å². The monoisotopic (exact) mass is 232 g/mol. The summed E-state index contributed by atoms with van der Waals surface area (Å²) in [5, 5.41) is 7.31. The van der Waals surface area contributed by atoms with Gasteiger partial charge in [0.15, 0.2) is 5.11 Å². The van der Waals surface area contributed by atoms with E-state index < -0.39 is 0 Å². The van der Waals surface area contributed by atoms with Crippen molar-refractivity contribution in [3.05, 3.63) is 0 Å². The Morgan fingerprint density at radius 2 is 2.14 bits per heavy atom. The number of nitrogens with one attached hydrogen (secondary N) is 2. The molecule has 0 amide bonds. The molecule has 1 aliphatic rings. The molecule has 4 heteroatoms. The second kappa shape index (κ2) is 5.81. The number of rotatable bonds is 5. The lowest BCUT2D eigenvalue weighted by Crippen LogP contribution is -2.48. The van der Waals surface area contributed by atoms with Gasteiger partial charge in [-0.3, -0.25) is 0 Å². The highest BCUT2D eigenvalue weighted by Gasteiger charge is 2.35. The van der Waals surface area contributed by atoms with Gasteiger partial charge in [-0.05, 0) is 37.7 Å². The summed E-state index contributed by atoms with van der Waals surface area (Å²) in [6.07, 6.45) is 7.35. The van der Waals surface area contributed by atoms with Crippen molar-refractivity contribution in [2.45, 2.75) is 37.4 Å². The Hall–Kier alpha value is 0.0400. The smallest absolute Gasteiger partial charge is 0.166 e. The first-order valence-electron chi connectivity index (χ1n) is 5.29. The normalized spacial score (nSPS) is 18.4. The number of hydrogen-bond acceptors (Lipinski definition) is 2. The maximum Gasteiger partial charge on any atom is 0.166 e. The van der Waals surface area contributed by atoms with Crippen LogP contribution in [0, 0.1) is 0 Å². The van der Waals surface area contributed by atoms with Crippen LogP contribution in [0.15, 0.2) is 0 Å².